The molecule has 0 radical (unpaired) electrons. The van der Waals surface area contributed by atoms with Crippen LogP contribution in [0.1, 0.15) is 239 Å². The van der Waals surface area contributed by atoms with Crippen molar-refractivity contribution in [2.24, 2.45) is 0 Å². The van der Waals surface area contributed by atoms with Gasteiger partial charge in [-0.2, -0.15) is 0 Å². The molecule has 0 rings (SSSR count). The number of hydrogen-bond donors (Lipinski definition) is 3. The summed E-state index contributed by atoms with van der Waals surface area (Å²) in [6.45, 7) is 4.80. The van der Waals surface area contributed by atoms with Crippen molar-refractivity contribution in [3.63, 3.8) is 0 Å². The molecule has 0 aliphatic rings. The summed E-state index contributed by atoms with van der Waals surface area (Å²) in [5, 5.41) is 22.8. The summed E-state index contributed by atoms with van der Waals surface area (Å²) < 4.78 is 5.44. The van der Waals surface area contributed by atoms with Gasteiger partial charge in [0.1, 0.15) is 0 Å². The highest BCUT2D eigenvalue weighted by molar-refractivity contribution is 5.76. The highest BCUT2D eigenvalue weighted by Gasteiger charge is 2.18. The summed E-state index contributed by atoms with van der Waals surface area (Å²) in [6, 6.07) is -0.644. The third kappa shape index (κ3) is 38.1. The number of aliphatic hydroxyl groups excluding tert-OH is 2. The number of carbonyl (C=O) groups excluding carboxylic acids is 2. The number of ether oxygens (including phenoxy) is 1. The molecule has 2 atom stereocenters. The molecule has 0 saturated carbocycles. The van der Waals surface area contributed by atoms with Gasteiger partial charge < -0.3 is 20.3 Å². The SMILES string of the molecule is CCCCCCCCC/C=C/C(O)C(CO)NC(=O)CCCCCCCCCCCOC(=O)CCCCCCCCCCCCCCCCCC. The Bertz CT molecular complexity index is 757. The number of carbonyl (C=O) groups is 2. The first-order valence-electron chi connectivity index (χ1n) is 22.5. The van der Waals surface area contributed by atoms with Crippen molar-refractivity contribution in [2.75, 3.05) is 13.2 Å². The molecule has 0 spiro atoms. The van der Waals surface area contributed by atoms with Gasteiger partial charge in [-0.05, 0) is 32.1 Å². The number of amides is 1. The van der Waals surface area contributed by atoms with Crippen LogP contribution in [0.3, 0.4) is 0 Å². The molecule has 2 unspecified atom stereocenters. The molecule has 0 fully saturated rings. The number of hydrogen-bond acceptors (Lipinski definition) is 5. The molecule has 0 saturated heterocycles. The maximum Gasteiger partial charge on any atom is 0.305 e. The molecule has 0 heterocycles. The molecule has 1 amide bonds. The lowest BCUT2D eigenvalue weighted by molar-refractivity contribution is -0.143. The van der Waals surface area contributed by atoms with Crippen LogP contribution in [0.5, 0.6) is 0 Å². The van der Waals surface area contributed by atoms with E-state index in [-0.39, 0.29) is 18.5 Å². The highest BCUT2D eigenvalue weighted by Crippen LogP contribution is 2.15. The van der Waals surface area contributed by atoms with Crippen LogP contribution in [-0.2, 0) is 14.3 Å². The van der Waals surface area contributed by atoms with Crippen molar-refractivity contribution in [3.8, 4) is 0 Å². The fourth-order valence-electron chi connectivity index (χ4n) is 6.81. The van der Waals surface area contributed by atoms with Crippen LogP contribution in [0, 0.1) is 0 Å². The fourth-order valence-corrected chi connectivity index (χ4v) is 6.81. The number of aliphatic hydroxyl groups is 2. The maximum atomic E-state index is 12.3. The van der Waals surface area contributed by atoms with E-state index in [2.05, 4.69) is 19.2 Å². The zero-order chi connectivity index (χ0) is 37.3. The van der Waals surface area contributed by atoms with Gasteiger partial charge in [-0.3, -0.25) is 9.59 Å². The van der Waals surface area contributed by atoms with Gasteiger partial charge in [-0.25, -0.2) is 0 Å². The Balaban J connectivity index is 3.47. The molecule has 0 aromatic carbocycles. The van der Waals surface area contributed by atoms with Gasteiger partial charge in [-0.1, -0.05) is 206 Å². The van der Waals surface area contributed by atoms with Crippen LogP contribution in [0.4, 0.5) is 0 Å². The zero-order valence-electron chi connectivity index (χ0n) is 34.1. The van der Waals surface area contributed by atoms with E-state index in [9.17, 15) is 19.8 Å². The van der Waals surface area contributed by atoms with E-state index < -0.39 is 12.1 Å². The van der Waals surface area contributed by atoms with E-state index >= 15 is 0 Å². The molecule has 0 aromatic rings. The lowest BCUT2D eigenvalue weighted by Crippen LogP contribution is -2.45. The van der Waals surface area contributed by atoms with Crippen molar-refractivity contribution >= 4 is 11.9 Å². The molecular weight excluding hydrogens is 634 g/mol. The minimum Gasteiger partial charge on any atom is -0.466 e. The summed E-state index contributed by atoms with van der Waals surface area (Å²) >= 11 is 0. The molecule has 0 bridgehead atoms. The Labute approximate surface area is 317 Å². The summed E-state index contributed by atoms with van der Waals surface area (Å²) in [4.78, 5) is 24.3. The van der Waals surface area contributed by atoms with E-state index in [0.29, 0.717) is 19.4 Å². The lowest BCUT2D eigenvalue weighted by Gasteiger charge is -2.20. The van der Waals surface area contributed by atoms with Gasteiger partial charge in [0.2, 0.25) is 5.91 Å². The quantitative estimate of drug-likeness (QED) is 0.0332. The highest BCUT2D eigenvalue weighted by atomic mass is 16.5. The predicted molar refractivity (Wildman–Crippen MR) is 218 cm³/mol. The van der Waals surface area contributed by atoms with Crippen molar-refractivity contribution in [1.82, 2.24) is 5.32 Å². The third-order valence-corrected chi connectivity index (χ3v) is 10.3. The summed E-state index contributed by atoms with van der Waals surface area (Å²) in [5.41, 5.74) is 0. The first-order valence-corrected chi connectivity index (χ1v) is 22.5. The lowest BCUT2D eigenvalue weighted by atomic mass is 10.0. The topological polar surface area (TPSA) is 95.9 Å². The third-order valence-electron chi connectivity index (χ3n) is 10.3. The molecule has 6 heteroatoms. The Morgan fingerprint density at radius 3 is 1.33 bits per heavy atom. The molecule has 3 N–H and O–H groups in total. The van der Waals surface area contributed by atoms with Crippen LogP contribution < -0.4 is 5.32 Å². The van der Waals surface area contributed by atoms with Gasteiger partial charge in [0, 0.05) is 12.8 Å². The van der Waals surface area contributed by atoms with Gasteiger partial charge in [-0.15, -0.1) is 0 Å². The second-order valence-corrected chi connectivity index (χ2v) is 15.4. The molecular formula is C45H87NO5. The van der Waals surface area contributed by atoms with E-state index in [1.165, 1.54) is 154 Å². The molecule has 302 valence electrons. The second kappa shape index (κ2) is 41.4. The second-order valence-electron chi connectivity index (χ2n) is 15.4. The molecule has 0 aliphatic carbocycles. The average molecular weight is 722 g/mol. The number of rotatable bonds is 41. The van der Waals surface area contributed by atoms with E-state index in [1.54, 1.807) is 6.08 Å². The minimum absolute atomic E-state index is 0.0250. The molecule has 6 nitrogen and oxygen atoms in total. The first-order chi connectivity index (χ1) is 25.0. The molecule has 0 aliphatic heterocycles. The number of allylic oxidation sites excluding steroid dienone is 1. The largest absolute Gasteiger partial charge is 0.466 e. The summed E-state index contributed by atoms with van der Waals surface area (Å²) in [5.74, 6) is -0.123. The van der Waals surface area contributed by atoms with Crippen molar-refractivity contribution < 1.29 is 24.5 Å². The fraction of sp³-hybridized carbons (Fsp3) is 0.911. The first kappa shape index (κ1) is 49.6. The van der Waals surface area contributed by atoms with Crippen LogP contribution in [-0.4, -0.2) is 47.4 Å². The number of nitrogens with one attached hydrogen (secondary N) is 1. The molecule has 51 heavy (non-hydrogen) atoms. The van der Waals surface area contributed by atoms with E-state index in [1.807, 2.05) is 6.08 Å². The Hall–Kier alpha value is -1.40. The van der Waals surface area contributed by atoms with Crippen molar-refractivity contribution in [2.45, 2.75) is 251 Å². The van der Waals surface area contributed by atoms with E-state index in [0.717, 1.165) is 57.8 Å². The Morgan fingerprint density at radius 1 is 0.529 bits per heavy atom. The zero-order valence-corrected chi connectivity index (χ0v) is 34.1. The minimum atomic E-state index is -0.857. The van der Waals surface area contributed by atoms with Crippen LogP contribution in [0.2, 0.25) is 0 Å². The normalized spacial score (nSPS) is 12.8. The smallest absolute Gasteiger partial charge is 0.305 e. The van der Waals surface area contributed by atoms with Gasteiger partial charge in [0.15, 0.2) is 0 Å². The summed E-state index contributed by atoms with van der Waals surface area (Å²) in [7, 11) is 0. The standard InChI is InChI=1S/C45H87NO5/c1-3-5-7-9-11-13-14-15-16-17-18-19-23-27-31-35-39-45(50)51-40-36-32-28-24-20-22-26-30-34-38-44(49)46-42(41-47)43(48)37-33-29-25-21-12-10-8-6-4-2/h33,37,42-43,47-48H,3-32,34-36,38-41H2,1-2H3,(H,46,49)/b37-33+. The van der Waals surface area contributed by atoms with Gasteiger partial charge in [0.25, 0.3) is 0 Å². The number of unbranched alkanes of at least 4 members (excludes halogenated alkanes) is 30. The van der Waals surface area contributed by atoms with Gasteiger partial charge in [0.05, 0.1) is 25.4 Å². The monoisotopic (exact) mass is 722 g/mol. The molecule has 0 aromatic heterocycles. The van der Waals surface area contributed by atoms with Crippen molar-refractivity contribution in [1.29, 1.82) is 0 Å². The van der Waals surface area contributed by atoms with Crippen molar-refractivity contribution in [3.05, 3.63) is 12.2 Å². The van der Waals surface area contributed by atoms with Crippen LogP contribution in [0.15, 0.2) is 12.2 Å². The van der Waals surface area contributed by atoms with Crippen LogP contribution in [0.25, 0.3) is 0 Å². The maximum absolute atomic E-state index is 12.3. The van der Waals surface area contributed by atoms with Crippen LogP contribution >= 0.6 is 0 Å². The number of esters is 1. The van der Waals surface area contributed by atoms with Gasteiger partial charge >= 0.3 is 5.97 Å². The Morgan fingerprint density at radius 2 is 0.902 bits per heavy atom. The Kier molecular flexibility index (Phi) is 40.2. The van der Waals surface area contributed by atoms with E-state index in [4.69, 9.17) is 4.74 Å². The summed E-state index contributed by atoms with van der Waals surface area (Å²) in [6.07, 6.45) is 44.9. The predicted octanol–water partition coefficient (Wildman–Crippen LogP) is 12.6. The average Bonchev–Trinajstić information content (AvgIpc) is 3.13.